The predicted octanol–water partition coefficient (Wildman–Crippen LogP) is 4.05. The number of halogens is 2. The Bertz CT molecular complexity index is 341. The van der Waals surface area contributed by atoms with Crippen molar-refractivity contribution >= 4 is 17.3 Å². The number of hydrogen-bond donors (Lipinski definition) is 0. The first-order chi connectivity index (χ1) is 7.56. The summed E-state index contributed by atoms with van der Waals surface area (Å²) in [7, 11) is 1.99. The van der Waals surface area contributed by atoms with Crippen molar-refractivity contribution in [2.75, 3.05) is 18.5 Å². The van der Waals surface area contributed by atoms with E-state index < -0.39 is 0 Å². The molecular weight excluding hydrogens is 225 g/mol. The van der Waals surface area contributed by atoms with E-state index >= 15 is 0 Å². The average Bonchev–Trinajstić information content (AvgIpc) is 2.27. The second-order valence-corrected chi connectivity index (χ2v) is 4.61. The summed E-state index contributed by atoms with van der Waals surface area (Å²) in [6.07, 6.45) is 1.13. The normalized spacial score (nSPS) is 12.6. The summed E-state index contributed by atoms with van der Waals surface area (Å²) in [5, 5.41) is 0. The van der Waals surface area contributed by atoms with Crippen LogP contribution in [0.4, 0.5) is 10.1 Å². The van der Waals surface area contributed by atoms with E-state index in [2.05, 4.69) is 18.7 Å². The fourth-order valence-corrected chi connectivity index (χ4v) is 1.79. The van der Waals surface area contributed by atoms with Gasteiger partial charge in [0.15, 0.2) is 0 Å². The average molecular weight is 244 g/mol. The van der Waals surface area contributed by atoms with Crippen LogP contribution in [0.1, 0.15) is 25.8 Å². The molecule has 0 aromatic heterocycles. The van der Waals surface area contributed by atoms with E-state index in [-0.39, 0.29) is 5.82 Å². The molecule has 0 N–H and O–H groups in total. The van der Waals surface area contributed by atoms with Gasteiger partial charge in [-0.1, -0.05) is 20.3 Å². The summed E-state index contributed by atoms with van der Waals surface area (Å²) >= 11 is 5.72. The molecule has 1 nitrogen and oxygen atoms in total. The lowest BCUT2D eigenvalue weighted by molar-refractivity contribution is 0.558. The van der Waals surface area contributed by atoms with E-state index in [0.29, 0.717) is 11.8 Å². The van der Waals surface area contributed by atoms with Crippen molar-refractivity contribution in [2.45, 2.75) is 26.1 Å². The van der Waals surface area contributed by atoms with Crippen molar-refractivity contribution in [3.05, 3.63) is 29.6 Å². The zero-order valence-corrected chi connectivity index (χ0v) is 10.9. The third-order valence-electron chi connectivity index (χ3n) is 2.82. The third kappa shape index (κ3) is 3.67. The van der Waals surface area contributed by atoms with Crippen molar-refractivity contribution in [2.24, 2.45) is 5.92 Å². The molecule has 0 spiro atoms. The molecule has 3 heteroatoms. The Morgan fingerprint density at radius 3 is 2.62 bits per heavy atom. The second-order valence-electron chi connectivity index (χ2n) is 4.35. The van der Waals surface area contributed by atoms with Gasteiger partial charge in [0.2, 0.25) is 0 Å². The van der Waals surface area contributed by atoms with Gasteiger partial charge in [0.1, 0.15) is 5.82 Å². The minimum Gasteiger partial charge on any atom is -0.374 e. The van der Waals surface area contributed by atoms with Crippen molar-refractivity contribution in [1.29, 1.82) is 0 Å². The van der Waals surface area contributed by atoms with E-state index in [1.807, 2.05) is 13.1 Å². The fraction of sp³-hybridized carbons (Fsp3) is 0.538. The zero-order valence-electron chi connectivity index (χ0n) is 10.1. The summed E-state index contributed by atoms with van der Waals surface area (Å²) in [6.45, 7) is 5.29. The van der Waals surface area contributed by atoms with Crippen LogP contribution in [0, 0.1) is 11.7 Å². The van der Waals surface area contributed by atoms with Gasteiger partial charge < -0.3 is 4.90 Å². The number of rotatable bonds is 5. The highest BCUT2D eigenvalue weighted by Gasteiger charge is 2.08. The summed E-state index contributed by atoms with van der Waals surface area (Å²) in [5.41, 5.74) is 1.73. The number of anilines is 1. The molecule has 1 aromatic rings. The Morgan fingerprint density at radius 1 is 1.38 bits per heavy atom. The van der Waals surface area contributed by atoms with E-state index in [4.69, 9.17) is 11.6 Å². The Kier molecular flexibility index (Phi) is 5.07. The second kappa shape index (κ2) is 6.09. The van der Waals surface area contributed by atoms with Crippen LogP contribution in [-0.4, -0.2) is 13.6 Å². The van der Waals surface area contributed by atoms with Gasteiger partial charge in [0.05, 0.1) is 0 Å². The molecule has 0 aliphatic heterocycles. The van der Waals surface area contributed by atoms with Gasteiger partial charge in [-0.05, 0) is 29.7 Å². The van der Waals surface area contributed by atoms with Crippen molar-refractivity contribution < 1.29 is 4.39 Å². The topological polar surface area (TPSA) is 3.24 Å². The molecule has 90 valence electrons. The van der Waals surface area contributed by atoms with E-state index in [9.17, 15) is 4.39 Å². The van der Waals surface area contributed by atoms with Crippen LogP contribution in [-0.2, 0) is 5.88 Å². The molecule has 16 heavy (non-hydrogen) atoms. The molecule has 0 aliphatic rings. The first kappa shape index (κ1) is 13.3. The molecule has 0 aliphatic carbocycles. The van der Waals surface area contributed by atoms with Crippen LogP contribution in [0.15, 0.2) is 18.2 Å². The number of alkyl halides is 1. The highest BCUT2D eigenvalue weighted by Crippen LogP contribution is 2.20. The van der Waals surface area contributed by atoms with Gasteiger partial charge in [-0.2, -0.15) is 0 Å². The Morgan fingerprint density at radius 2 is 2.06 bits per heavy atom. The largest absolute Gasteiger partial charge is 0.374 e. The molecule has 0 radical (unpaired) electrons. The lowest BCUT2D eigenvalue weighted by Crippen LogP contribution is -2.23. The Hall–Kier alpha value is -0.760. The van der Waals surface area contributed by atoms with E-state index in [1.54, 1.807) is 6.07 Å². The minimum atomic E-state index is -0.218. The molecule has 1 unspecified atom stereocenters. The molecule has 0 saturated heterocycles. The van der Waals surface area contributed by atoms with Crippen molar-refractivity contribution in [1.82, 2.24) is 0 Å². The summed E-state index contributed by atoms with van der Waals surface area (Å²) < 4.78 is 13.3. The van der Waals surface area contributed by atoms with Gasteiger partial charge in [-0.25, -0.2) is 4.39 Å². The number of nitrogens with zero attached hydrogens (tertiary/aromatic N) is 1. The lowest BCUT2D eigenvalue weighted by atomic mass is 10.1. The van der Waals surface area contributed by atoms with Crippen LogP contribution in [0.3, 0.4) is 0 Å². The lowest BCUT2D eigenvalue weighted by Gasteiger charge is -2.23. The molecule has 0 bridgehead atoms. The fourth-order valence-electron chi connectivity index (χ4n) is 1.63. The van der Waals surface area contributed by atoms with E-state index in [1.165, 1.54) is 6.07 Å². The molecule has 1 aromatic carbocycles. The standard InChI is InChI=1S/C13H19ClFN/c1-4-10(2)9-16(3)13-6-11(8-14)5-12(15)7-13/h5-7,10H,4,8-9H2,1-3H3. The molecular formula is C13H19ClFN. The quantitative estimate of drug-likeness (QED) is 0.706. The number of hydrogen-bond acceptors (Lipinski definition) is 1. The first-order valence-electron chi connectivity index (χ1n) is 5.63. The van der Waals surface area contributed by atoms with Gasteiger partial charge in [-0.3, -0.25) is 0 Å². The number of benzene rings is 1. The van der Waals surface area contributed by atoms with Crippen LogP contribution in [0.2, 0.25) is 0 Å². The van der Waals surface area contributed by atoms with Crippen LogP contribution in [0.5, 0.6) is 0 Å². The molecule has 0 saturated carbocycles. The smallest absolute Gasteiger partial charge is 0.125 e. The highest BCUT2D eigenvalue weighted by atomic mass is 35.5. The molecule has 1 atom stereocenters. The van der Waals surface area contributed by atoms with Gasteiger partial charge in [0, 0.05) is 25.2 Å². The van der Waals surface area contributed by atoms with Crippen molar-refractivity contribution in [3.8, 4) is 0 Å². The third-order valence-corrected chi connectivity index (χ3v) is 3.13. The predicted molar refractivity (Wildman–Crippen MR) is 68.7 cm³/mol. The monoisotopic (exact) mass is 243 g/mol. The zero-order chi connectivity index (χ0) is 12.1. The Labute approximate surface area is 102 Å². The first-order valence-corrected chi connectivity index (χ1v) is 6.16. The SMILES string of the molecule is CCC(C)CN(C)c1cc(F)cc(CCl)c1. The summed E-state index contributed by atoms with van der Waals surface area (Å²) in [4.78, 5) is 2.08. The van der Waals surface area contributed by atoms with Crippen LogP contribution in [0.25, 0.3) is 0 Å². The highest BCUT2D eigenvalue weighted by molar-refractivity contribution is 6.17. The maximum Gasteiger partial charge on any atom is 0.125 e. The molecule has 0 heterocycles. The van der Waals surface area contributed by atoms with Gasteiger partial charge >= 0.3 is 0 Å². The molecule has 1 rings (SSSR count). The summed E-state index contributed by atoms with van der Waals surface area (Å²) in [5.74, 6) is 0.735. The maximum absolute atomic E-state index is 13.3. The van der Waals surface area contributed by atoms with Gasteiger partial charge in [0.25, 0.3) is 0 Å². The van der Waals surface area contributed by atoms with Gasteiger partial charge in [-0.15, -0.1) is 11.6 Å². The molecule has 0 amide bonds. The van der Waals surface area contributed by atoms with Crippen LogP contribution >= 0.6 is 11.6 Å². The maximum atomic E-state index is 13.3. The summed E-state index contributed by atoms with van der Waals surface area (Å²) in [6, 6.07) is 4.98. The van der Waals surface area contributed by atoms with E-state index in [0.717, 1.165) is 24.2 Å². The van der Waals surface area contributed by atoms with Crippen molar-refractivity contribution in [3.63, 3.8) is 0 Å². The minimum absolute atomic E-state index is 0.218. The Balaban J connectivity index is 2.82. The molecule has 0 fully saturated rings. The van der Waals surface area contributed by atoms with Crippen LogP contribution < -0.4 is 4.90 Å².